The van der Waals surface area contributed by atoms with Crippen molar-refractivity contribution in [3.8, 4) is 0 Å². The minimum atomic E-state index is 0.0276. The van der Waals surface area contributed by atoms with Gasteiger partial charge in [-0.3, -0.25) is 11.3 Å². The van der Waals surface area contributed by atoms with Crippen molar-refractivity contribution >= 4 is 11.5 Å². The Labute approximate surface area is 98.6 Å². The Morgan fingerprint density at radius 3 is 2.88 bits per heavy atom. The summed E-state index contributed by atoms with van der Waals surface area (Å²) in [6.07, 6.45) is 0.828. The molecule has 2 rings (SSSR count). The lowest BCUT2D eigenvalue weighted by Crippen LogP contribution is -2.30. The molecular weight excluding hydrogens is 220 g/mol. The van der Waals surface area contributed by atoms with Crippen LogP contribution in [0, 0.1) is 6.92 Å². The van der Waals surface area contributed by atoms with Crippen LogP contribution in [-0.4, -0.2) is 9.59 Å². The fourth-order valence-electron chi connectivity index (χ4n) is 1.63. The second kappa shape index (κ2) is 5.16. The van der Waals surface area contributed by atoms with Crippen molar-refractivity contribution in [1.82, 2.24) is 15.0 Å². The van der Waals surface area contributed by atoms with Crippen LogP contribution in [0.3, 0.4) is 0 Å². The SMILES string of the molecule is Cc1ccccc1CC(NN)c1csnn1. The van der Waals surface area contributed by atoms with E-state index in [0.29, 0.717) is 0 Å². The Morgan fingerprint density at radius 1 is 1.44 bits per heavy atom. The van der Waals surface area contributed by atoms with Crippen molar-refractivity contribution in [3.05, 3.63) is 46.5 Å². The molecule has 0 aliphatic heterocycles. The number of hydrazine groups is 1. The number of nitrogens with one attached hydrogen (secondary N) is 1. The van der Waals surface area contributed by atoms with Gasteiger partial charge >= 0.3 is 0 Å². The molecule has 1 unspecified atom stereocenters. The molecule has 5 heteroatoms. The summed E-state index contributed by atoms with van der Waals surface area (Å²) in [7, 11) is 0. The van der Waals surface area contributed by atoms with E-state index in [4.69, 9.17) is 5.84 Å². The fourth-order valence-corrected chi connectivity index (χ4v) is 2.14. The summed E-state index contributed by atoms with van der Waals surface area (Å²) in [5.41, 5.74) is 6.23. The lowest BCUT2D eigenvalue weighted by atomic mass is 10.0. The van der Waals surface area contributed by atoms with Gasteiger partial charge in [0.15, 0.2) is 0 Å². The van der Waals surface area contributed by atoms with Crippen LogP contribution in [0.5, 0.6) is 0 Å². The highest BCUT2D eigenvalue weighted by molar-refractivity contribution is 7.03. The minimum absolute atomic E-state index is 0.0276. The van der Waals surface area contributed by atoms with Crippen molar-refractivity contribution in [2.24, 2.45) is 5.84 Å². The van der Waals surface area contributed by atoms with E-state index in [1.54, 1.807) is 0 Å². The third-order valence-electron chi connectivity index (χ3n) is 2.62. The van der Waals surface area contributed by atoms with Crippen LogP contribution in [0.15, 0.2) is 29.6 Å². The number of benzene rings is 1. The molecule has 0 aliphatic carbocycles. The highest BCUT2D eigenvalue weighted by Gasteiger charge is 2.13. The second-order valence-electron chi connectivity index (χ2n) is 3.68. The molecule has 0 saturated carbocycles. The molecule has 0 bridgehead atoms. The predicted octanol–water partition coefficient (Wildman–Crippen LogP) is 1.59. The van der Waals surface area contributed by atoms with Gasteiger partial charge in [0.1, 0.15) is 0 Å². The lowest BCUT2D eigenvalue weighted by molar-refractivity contribution is 0.536. The molecular formula is C11H14N4S. The molecule has 1 atom stereocenters. The first-order valence-electron chi connectivity index (χ1n) is 5.09. The van der Waals surface area contributed by atoms with Crippen molar-refractivity contribution in [3.63, 3.8) is 0 Å². The highest BCUT2D eigenvalue weighted by atomic mass is 32.1. The van der Waals surface area contributed by atoms with Gasteiger partial charge < -0.3 is 0 Å². The van der Waals surface area contributed by atoms with Crippen molar-refractivity contribution in [2.75, 3.05) is 0 Å². The third kappa shape index (κ3) is 2.44. The topological polar surface area (TPSA) is 63.8 Å². The van der Waals surface area contributed by atoms with Crippen LogP contribution in [0.1, 0.15) is 22.9 Å². The Bertz CT molecular complexity index is 441. The zero-order chi connectivity index (χ0) is 11.4. The van der Waals surface area contributed by atoms with E-state index < -0.39 is 0 Å². The maximum atomic E-state index is 5.55. The summed E-state index contributed by atoms with van der Waals surface area (Å²) < 4.78 is 3.85. The molecule has 0 spiro atoms. The molecule has 3 N–H and O–H groups in total. The summed E-state index contributed by atoms with van der Waals surface area (Å²) in [5.74, 6) is 5.55. The van der Waals surface area contributed by atoms with Crippen molar-refractivity contribution in [2.45, 2.75) is 19.4 Å². The Kier molecular flexibility index (Phi) is 3.61. The Morgan fingerprint density at radius 2 is 2.25 bits per heavy atom. The molecule has 4 nitrogen and oxygen atoms in total. The Hall–Kier alpha value is -1.30. The first-order chi connectivity index (χ1) is 7.81. The number of hydrogen-bond acceptors (Lipinski definition) is 5. The van der Waals surface area contributed by atoms with Gasteiger partial charge in [0, 0.05) is 5.38 Å². The molecule has 0 fully saturated rings. The number of aryl methyl sites for hydroxylation is 1. The van der Waals surface area contributed by atoms with Gasteiger partial charge in [0.25, 0.3) is 0 Å². The van der Waals surface area contributed by atoms with Gasteiger partial charge in [-0.25, -0.2) is 0 Å². The summed E-state index contributed by atoms with van der Waals surface area (Å²) in [6, 6.07) is 8.31. The maximum absolute atomic E-state index is 5.55. The van der Waals surface area contributed by atoms with Crippen LogP contribution in [0.4, 0.5) is 0 Å². The summed E-state index contributed by atoms with van der Waals surface area (Å²) >= 11 is 1.34. The zero-order valence-corrected chi connectivity index (χ0v) is 9.87. The smallest absolute Gasteiger partial charge is 0.0941 e. The number of nitrogens with zero attached hydrogens (tertiary/aromatic N) is 2. The lowest BCUT2D eigenvalue weighted by Gasteiger charge is -2.14. The standard InChI is InChI=1S/C11H14N4S/c1-8-4-2-3-5-9(8)6-10(13-12)11-7-16-15-14-11/h2-5,7,10,13H,6,12H2,1H3. The van der Waals surface area contributed by atoms with Gasteiger partial charge in [0.2, 0.25) is 0 Å². The summed E-state index contributed by atoms with van der Waals surface area (Å²) in [4.78, 5) is 0. The summed E-state index contributed by atoms with van der Waals surface area (Å²) in [6.45, 7) is 2.10. The van der Waals surface area contributed by atoms with Crippen LogP contribution in [0.25, 0.3) is 0 Å². The van der Waals surface area contributed by atoms with Crippen LogP contribution >= 0.6 is 11.5 Å². The van der Waals surface area contributed by atoms with E-state index in [0.717, 1.165) is 12.1 Å². The van der Waals surface area contributed by atoms with Gasteiger partial charge in [-0.1, -0.05) is 28.8 Å². The van der Waals surface area contributed by atoms with Crippen LogP contribution in [0.2, 0.25) is 0 Å². The second-order valence-corrected chi connectivity index (χ2v) is 4.29. The average Bonchev–Trinajstić information content (AvgIpc) is 2.81. The zero-order valence-electron chi connectivity index (χ0n) is 9.05. The number of nitrogens with two attached hydrogens (primary N) is 1. The molecule has 2 aromatic rings. The molecule has 0 amide bonds. The van der Waals surface area contributed by atoms with E-state index in [2.05, 4.69) is 34.1 Å². The average molecular weight is 234 g/mol. The molecule has 1 aromatic heterocycles. The van der Waals surface area contributed by atoms with Crippen molar-refractivity contribution in [1.29, 1.82) is 0 Å². The molecule has 0 aliphatic rings. The van der Waals surface area contributed by atoms with Gasteiger partial charge in [0.05, 0.1) is 11.7 Å². The van der Waals surface area contributed by atoms with E-state index in [1.165, 1.54) is 22.7 Å². The molecule has 0 saturated heterocycles. The minimum Gasteiger partial charge on any atom is -0.271 e. The molecule has 0 radical (unpaired) electrons. The summed E-state index contributed by atoms with van der Waals surface area (Å²) in [5, 5.41) is 5.96. The van der Waals surface area contributed by atoms with Gasteiger partial charge in [-0.05, 0) is 36.0 Å². The van der Waals surface area contributed by atoms with E-state index in [-0.39, 0.29) is 6.04 Å². The normalized spacial score (nSPS) is 12.6. The van der Waals surface area contributed by atoms with Crippen molar-refractivity contribution < 1.29 is 0 Å². The molecule has 84 valence electrons. The number of rotatable bonds is 4. The van der Waals surface area contributed by atoms with Gasteiger partial charge in [-0.2, -0.15) is 0 Å². The first-order valence-corrected chi connectivity index (χ1v) is 5.92. The number of aromatic nitrogens is 2. The molecule has 1 aromatic carbocycles. The molecule has 16 heavy (non-hydrogen) atoms. The molecule has 1 heterocycles. The maximum Gasteiger partial charge on any atom is 0.0941 e. The van der Waals surface area contributed by atoms with Crippen LogP contribution in [-0.2, 0) is 6.42 Å². The third-order valence-corrected chi connectivity index (χ3v) is 3.14. The van der Waals surface area contributed by atoms with Gasteiger partial charge in [-0.15, -0.1) is 5.10 Å². The van der Waals surface area contributed by atoms with Crippen LogP contribution < -0.4 is 11.3 Å². The Balaban J connectivity index is 2.17. The van der Waals surface area contributed by atoms with E-state index >= 15 is 0 Å². The largest absolute Gasteiger partial charge is 0.271 e. The monoisotopic (exact) mass is 234 g/mol. The predicted molar refractivity (Wildman–Crippen MR) is 64.9 cm³/mol. The van der Waals surface area contributed by atoms with E-state index in [1.807, 2.05) is 17.5 Å². The fraction of sp³-hybridized carbons (Fsp3) is 0.273. The quantitative estimate of drug-likeness (QED) is 0.623. The van der Waals surface area contributed by atoms with E-state index in [9.17, 15) is 0 Å². The first kappa shape index (κ1) is 11.2. The number of hydrogen-bond donors (Lipinski definition) is 2. The highest BCUT2D eigenvalue weighted by Crippen LogP contribution is 2.18.